The minimum atomic E-state index is -0.871. The molecule has 0 bridgehead atoms. The van der Waals surface area contributed by atoms with Crippen molar-refractivity contribution < 1.29 is 34.0 Å². The summed E-state index contributed by atoms with van der Waals surface area (Å²) in [4.78, 5) is 23.4. The van der Waals surface area contributed by atoms with E-state index in [0.717, 1.165) is 14.2 Å². The molecule has 0 unspecified atom stereocenters. The van der Waals surface area contributed by atoms with Crippen molar-refractivity contribution in [1.29, 1.82) is 0 Å². The molecule has 2 N–H and O–H groups in total. The highest BCUT2D eigenvalue weighted by Gasteiger charge is 2.22. The van der Waals surface area contributed by atoms with Crippen LogP contribution in [-0.2, 0) is 32.3 Å². The molecule has 0 spiro atoms. The SMILES string of the molecule is COC(=O)C(=Cc1c(CO)cc(CO)cc1OC)C(=O)OC. The molecular formula is C15H18O7. The highest BCUT2D eigenvalue weighted by molar-refractivity contribution is 6.17. The number of benzene rings is 1. The second-order valence-electron chi connectivity index (χ2n) is 4.23. The van der Waals surface area contributed by atoms with Crippen molar-refractivity contribution in [3.8, 4) is 5.75 Å². The predicted molar refractivity (Wildman–Crippen MR) is 76.8 cm³/mol. The lowest BCUT2D eigenvalue weighted by molar-refractivity contribution is -0.143. The number of aliphatic hydroxyl groups excluding tert-OH is 2. The summed E-state index contributed by atoms with van der Waals surface area (Å²) in [5.74, 6) is -1.45. The molecule has 0 amide bonds. The number of esters is 2. The molecule has 7 nitrogen and oxygen atoms in total. The maximum absolute atomic E-state index is 11.7. The van der Waals surface area contributed by atoms with Crippen LogP contribution in [0.2, 0.25) is 0 Å². The number of hydrogen-bond donors (Lipinski definition) is 2. The van der Waals surface area contributed by atoms with Gasteiger partial charge in [0, 0.05) is 5.56 Å². The molecule has 7 heteroatoms. The molecule has 0 aliphatic heterocycles. The summed E-state index contributed by atoms with van der Waals surface area (Å²) in [7, 11) is 3.67. The van der Waals surface area contributed by atoms with Crippen LogP contribution < -0.4 is 4.74 Å². The van der Waals surface area contributed by atoms with Crippen molar-refractivity contribution in [1.82, 2.24) is 0 Å². The van der Waals surface area contributed by atoms with Gasteiger partial charge in [0.05, 0.1) is 34.5 Å². The Morgan fingerprint density at radius 3 is 2.05 bits per heavy atom. The molecule has 0 saturated heterocycles. The van der Waals surface area contributed by atoms with E-state index in [1.165, 1.54) is 19.3 Å². The van der Waals surface area contributed by atoms with Crippen molar-refractivity contribution >= 4 is 18.0 Å². The van der Waals surface area contributed by atoms with E-state index in [0.29, 0.717) is 22.4 Å². The predicted octanol–water partition coefficient (Wildman–Crippen LogP) is 0.409. The van der Waals surface area contributed by atoms with Gasteiger partial charge in [-0.3, -0.25) is 0 Å². The van der Waals surface area contributed by atoms with Crippen LogP contribution in [0.25, 0.3) is 6.08 Å². The van der Waals surface area contributed by atoms with Crippen molar-refractivity contribution in [2.45, 2.75) is 13.2 Å². The number of methoxy groups -OCH3 is 3. The van der Waals surface area contributed by atoms with Gasteiger partial charge in [-0.25, -0.2) is 9.59 Å². The third kappa shape index (κ3) is 3.84. The summed E-state index contributed by atoms with van der Waals surface area (Å²) >= 11 is 0. The first kappa shape index (κ1) is 17.7. The van der Waals surface area contributed by atoms with Gasteiger partial charge in [0.1, 0.15) is 11.3 Å². The molecule has 0 fully saturated rings. The summed E-state index contributed by atoms with van der Waals surface area (Å²) in [6.07, 6.45) is 1.23. The molecule has 0 atom stereocenters. The van der Waals surface area contributed by atoms with Gasteiger partial charge in [0.15, 0.2) is 0 Å². The summed E-state index contributed by atoms with van der Waals surface area (Å²) in [6, 6.07) is 3.08. The zero-order valence-corrected chi connectivity index (χ0v) is 12.6. The molecule has 0 radical (unpaired) electrons. The van der Waals surface area contributed by atoms with Crippen LogP contribution in [0.4, 0.5) is 0 Å². The van der Waals surface area contributed by atoms with Crippen LogP contribution in [0.5, 0.6) is 5.75 Å². The lowest BCUT2D eigenvalue weighted by atomic mass is 10.0. The Labute approximate surface area is 127 Å². The number of aliphatic hydroxyl groups is 2. The lowest BCUT2D eigenvalue weighted by Gasteiger charge is -2.13. The molecule has 0 heterocycles. The van der Waals surface area contributed by atoms with Crippen LogP contribution in [0.1, 0.15) is 16.7 Å². The van der Waals surface area contributed by atoms with Gasteiger partial charge in [-0.2, -0.15) is 0 Å². The quantitative estimate of drug-likeness (QED) is 0.339. The Bertz CT molecular complexity index is 547. The molecule has 22 heavy (non-hydrogen) atoms. The van der Waals surface area contributed by atoms with E-state index in [-0.39, 0.29) is 18.8 Å². The molecule has 0 aliphatic carbocycles. The number of ether oxygens (including phenoxy) is 3. The van der Waals surface area contributed by atoms with Gasteiger partial charge in [-0.05, 0) is 23.3 Å². The first-order valence-electron chi connectivity index (χ1n) is 6.32. The van der Waals surface area contributed by atoms with E-state index in [2.05, 4.69) is 9.47 Å². The second-order valence-corrected chi connectivity index (χ2v) is 4.23. The molecule has 1 aromatic rings. The van der Waals surface area contributed by atoms with Crippen molar-refractivity contribution in [3.05, 3.63) is 34.4 Å². The van der Waals surface area contributed by atoms with E-state index in [1.54, 1.807) is 6.07 Å². The average molecular weight is 310 g/mol. The van der Waals surface area contributed by atoms with E-state index < -0.39 is 11.9 Å². The third-order valence-electron chi connectivity index (χ3n) is 2.96. The van der Waals surface area contributed by atoms with E-state index in [9.17, 15) is 19.8 Å². The van der Waals surface area contributed by atoms with Crippen LogP contribution in [0.15, 0.2) is 17.7 Å². The summed E-state index contributed by atoms with van der Waals surface area (Å²) < 4.78 is 14.3. The largest absolute Gasteiger partial charge is 0.496 e. The zero-order chi connectivity index (χ0) is 16.7. The van der Waals surface area contributed by atoms with Gasteiger partial charge in [0.25, 0.3) is 0 Å². The van der Waals surface area contributed by atoms with E-state index >= 15 is 0 Å². The fourth-order valence-electron chi connectivity index (χ4n) is 1.87. The monoisotopic (exact) mass is 310 g/mol. The first-order chi connectivity index (χ1) is 10.5. The minimum absolute atomic E-state index is 0.242. The van der Waals surface area contributed by atoms with Gasteiger partial charge in [0.2, 0.25) is 0 Å². The maximum Gasteiger partial charge on any atom is 0.345 e. The zero-order valence-electron chi connectivity index (χ0n) is 12.6. The minimum Gasteiger partial charge on any atom is -0.496 e. The van der Waals surface area contributed by atoms with Gasteiger partial charge in [-0.1, -0.05) is 6.07 Å². The Morgan fingerprint density at radius 1 is 1.05 bits per heavy atom. The van der Waals surface area contributed by atoms with Crippen molar-refractivity contribution in [2.75, 3.05) is 21.3 Å². The lowest BCUT2D eigenvalue weighted by Crippen LogP contribution is -2.16. The summed E-state index contributed by atoms with van der Waals surface area (Å²) in [5, 5.41) is 18.7. The van der Waals surface area contributed by atoms with Crippen LogP contribution in [0.3, 0.4) is 0 Å². The van der Waals surface area contributed by atoms with Crippen molar-refractivity contribution in [3.63, 3.8) is 0 Å². The molecule has 120 valence electrons. The summed E-state index contributed by atoms with van der Waals surface area (Å²) in [6.45, 7) is -0.611. The third-order valence-corrected chi connectivity index (χ3v) is 2.96. The van der Waals surface area contributed by atoms with Gasteiger partial charge < -0.3 is 24.4 Å². The topological polar surface area (TPSA) is 102 Å². The van der Waals surface area contributed by atoms with E-state index in [1.807, 2.05) is 0 Å². The standard InChI is InChI=1S/C15H18O7/c1-20-13-5-9(7-16)4-10(8-17)11(13)6-12(14(18)21-2)15(19)22-3/h4-6,16-17H,7-8H2,1-3H3. The molecule has 1 aromatic carbocycles. The fourth-order valence-corrected chi connectivity index (χ4v) is 1.87. The summed E-state index contributed by atoms with van der Waals surface area (Å²) in [5.41, 5.74) is 0.896. The first-order valence-corrected chi connectivity index (χ1v) is 6.32. The number of carbonyl (C=O) groups is 2. The number of carbonyl (C=O) groups excluding carboxylic acids is 2. The average Bonchev–Trinajstić information content (AvgIpc) is 2.57. The fraction of sp³-hybridized carbons (Fsp3) is 0.333. The molecule has 0 aliphatic rings. The number of rotatable bonds is 6. The molecule has 0 aromatic heterocycles. The van der Waals surface area contributed by atoms with Gasteiger partial charge >= 0.3 is 11.9 Å². The Morgan fingerprint density at radius 2 is 1.64 bits per heavy atom. The Hall–Kier alpha value is -2.38. The van der Waals surface area contributed by atoms with Crippen LogP contribution in [-0.4, -0.2) is 43.5 Å². The van der Waals surface area contributed by atoms with Crippen LogP contribution in [0, 0.1) is 0 Å². The Balaban J connectivity index is 3.53. The highest BCUT2D eigenvalue weighted by atomic mass is 16.5. The second kappa shape index (κ2) is 8.16. The highest BCUT2D eigenvalue weighted by Crippen LogP contribution is 2.28. The maximum atomic E-state index is 11.7. The van der Waals surface area contributed by atoms with Crippen molar-refractivity contribution in [2.24, 2.45) is 0 Å². The van der Waals surface area contributed by atoms with Crippen LogP contribution >= 0.6 is 0 Å². The molecule has 1 rings (SSSR count). The Kier molecular flexibility index (Phi) is 6.55. The smallest absolute Gasteiger partial charge is 0.345 e. The molecule has 0 saturated carbocycles. The molecular weight excluding hydrogens is 292 g/mol. The van der Waals surface area contributed by atoms with E-state index in [4.69, 9.17) is 4.74 Å². The normalized spacial score (nSPS) is 9.86. The van der Waals surface area contributed by atoms with Gasteiger partial charge in [-0.15, -0.1) is 0 Å². The number of hydrogen-bond acceptors (Lipinski definition) is 7.